The molecule has 0 aliphatic carbocycles. The van der Waals surface area contributed by atoms with Gasteiger partial charge in [-0.3, -0.25) is 4.79 Å². The molecule has 2 rings (SSSR count). The van der Waals surface area contributed by atoms with Crippen LogP contribution in [-0.4, -0.2) is 26.2 Å². The normalized spacial score (nSPS) is 10.4. The Morgan fingerprint density at radius 3 is 2.48 bits per heavy atom. The van der Waals surface area contributed by atoms with Crippen molar-refractivity contribution in [3.63, 3.8) is 0 Å². The highest BCUT2D eigenvalue weighted by molar-refractivity contribution is 5.80. The van der Waals surface area contributed by atoms with Crippen molar-refractivity contribution in [2.24, 2.45) is 0 Å². The van der Waals surface area contributed by atoms with Gasteiger partial charge in [0.15, 0.2) is 11.5 Å². The topological polar surface area (TPSA) is 59.6 Å². The van der Waals surface area contributed by atoms with Crippen LogP contribution < -0.4 is 20.1 Å². The molecule has 134 valence electrons. The molecule has 7 heteroatoms. The number of aryl methyl sites for hydroxylation is 1. The molecule has 0 spiro atoms. The first-order chi connectivity index (χ1) is 12.0. The third-order valence-corrected chi connectivity index (χ3v) is 3.44. The summed E-state index contributed by atoms with van der Waals surface area (Å²) in [6.07, 6.45) is 0. The molecule has 0 radical (unpaired) electrons. The maximum atomic E-state index is 12.4. The average molecular weight is 350 g/mol. The molecule has 2 aromatic carbocycles. The third kappa shape index (κ3) is 5.95. The van der Waals surface area contributed by atoms with Crippen LogP contribution in [0.4, 0.5) is 14.5 Å². The van der Waals surface area contributed by atoms with Crippen molar-refractivity contribution in [3.8, 4) is 11.5 Å². The Balaban J connectivity index is 1.87. The maximum Gasteiger partial charge on any atom is 0.387 e. The van der Waals surface area contributed by atoms with E-state index in [9.17, 15) is 13.6 Å². The maximum absolute atomic E-state index is 12.4. The molecule has 25 heavy (non-hydrogen) atoms. The van der Waals surface area contributed by atoms with Crippen LogP contribution in [0.3, 0.4) is 0 Å². The average Bonchev–Trinajstić information content (AvgIpc) is 2.59. The smallest absolute Gasteiger partial charge is 0.387 e. The minimum Gasteiger partial charge on any atom is -0.493 e. The van der Waals surface area contributed by atoms with Gasteiger partial charge in [0.25, 0.3) is 0 Å². The number of halogens is 2. The monoisotopic (exact) mass is 350 g/mol. The Hall–Kier alpha value is -2.83. The zero-order chi connectivity index (χ0) is 18.2. The molecule has 1 amide bonds. The predicted octanol–water partition coefficient (Wildman–Crippen LogP) is 3.33. The molecule has 0 heterocycles. The Labute approximate surface area is 144 Å². The summed E-state index contributed by atoms with van der Waals surface area (Å²) in [6, 6.07) is 12.3. The van der Waals surface area contributed by atoms with E-state index in [-0.39, 0.29) is 24.0 Å². The molecule has 0 aromatic heterocycles. The van der Waals surface area contributed by atoms with Crippen LogP contribution in [-0.2, 0) is 11.3 Å². The molecule has 0 atom stereocenters. The van der Waals surface area contributed by atoms with Crippen LogP contribution in [0.1, 0.15) is 11.1 Å². The number of anilines is 1. The van der Waals surface area contributed by atoms with Crippen molar-refractivity contribution in [1.29, 1.82) is 0 Å². The van der Waals surface area contributed by atoms with Crippen molar-refractivity contribution in [2.45, 2.75) is 20.1 Å². The summed E-state index contributed by atoms with van der Waals surface area (Å²) >= 11 is 0. The summed E-state index contributed by atoms with van der Waals surface area (Å²) in [5, 5.41) is 5.64. The van der Waals surface area contributed by atoms with Gasteiger partial charge in [-0.05, 0) is 24.6 Å². The largest absolute Gasteiger partial charge is 0.493 e. The van der Waals surface area contributed by atoms with Crippen LogP contribution >= 0.6 is 0 Å². The summed E-state index contributed by atoms with van der Waals surface area (Å²) in [4.78, 5) is 11.9. The zero-order valence-electron chi connectivity index (χ0n) is 14.0. The van der Waals surface area contributed by atoms with E-state index in [0.29, 0.717) is 12.2 Å². The van der Waals surface area contributed by atoms with Gasteiger partial charge in [-0.1, -0.05) is 29.8 Å². The number of hydrogen-bond donors (Lipinski definition) is 2. The molecule has 2 N–H and O–H groups in total. The quantitative estimate of drug-likeness (QED) is 0.767. The Bertz CT molecular complexity index is 706. The minimum atomic E-state index is -2.96. The summed E-state index contributed by atoms with van der Waals surface area (Å²) in [5.41, 5.74) is 2.62. The minimum absolute atomic E-state index is 0.00626. The first-order valence-corrected chi connectivity index (χ1v) is 7.67. The molecule has 2 aromatic rings. The van der Waals surface area contributed by atoms with Crippen molar-refractivity contribution in [3.05, 3.63) is 53.6 Å². The predicted molar refractivity (Wildman–Crippen MR) is 91.1 cm³/mol. The summed E-state index contributed by atoms with van der Waals surface area (Å²) in [5.74, 6) is -0.120. The molecule has 0 saturated heterocycles. The highest BCUT2D eigenvalue weighted by Crippen LogP contribution is 2.31. The van der Waals surface area contributed by atoms with E-state index in [2.05, 4.69) is 15.4 Å². The SMILES string of the molecule is COc1ccc(NCC(=O)NCc2ccc(C)cc2)cc1OC(F)F. The van der Waals surface area contributed by atoms with Gasteiger partial charge >= 0.3 is 6.61 Å². The lowest BCUT2D eigenvalue weighted by molar-refractivity contribution is -0.119. The van der Waals surface area contributed by atoms with E-state index < -0.39 is 6.61 Å². The van der Waals surface area contributed by atoms with E-state index in [1.165, 1.54) is 19.2 Å². The molecular weight excluding hydrogens is 330 g/mol. The second-order valence-corrected chi connectivity index (χ2v) is 5.36. The van der Waals surface area contributed by atoms with Gasteiger partial charge in [0, 0.05) is 18.3 Å². The van der Waals surface area contributed by atoms with Gasteiger partial charge in [-0.2, -0.15) is 8.78 Å². The fraction of sp³-hybridized carbons (Fsp3) is 0.278. The number of hydrogen-bond acceptors (Lipinski definition) is 4. The molecule has 0 unspecified atom stereocenters. The molecule has 0 fully saturated rings. The molecule has 0 bridgehead atoms. The van der Waals surface area contributed by atoms with Crippen LogP contribution in [0.25, 0.3) is 0 Å². The molecule has 5 nitrogen and oxygen atoms in total. The van der Waals surface area contributed by atoms with E-state index in [1.54, 1.807) is 6.07 Å². The summed E-state index contributed by atoms with van der Waals surface area (Å²) < 4.78 is 34.2. The second-order valence-electron chi connectivity index (χ2n) is 5.36. The standard InChI is InChI=1S/C18H20F2N2O3/c1-12-3-5-13(6-4-12)10-22-17(23)11-21-14-7-8-15(24-2)16(9-14)25-18(19)20/h3-9,18,21H,10-11H2,1-2H3,(H,22,23). The molecule has 0 aliphatic heterocycles. The summed E-state index contributed by atoms with van der Waals surface area (Å²) in [7, 11) is 1.36. The van der Waals surface area contributed by atoms with Gasteiger partial charge in [-0.15, -0.1) is 0 Å². The number of benzene rings is 2. The first kappa shape index (κ1) is 18.5. The van der Waals surface area contributed by atoms with Crippen LogP contribution in [0.5, 0.6) is 11.5 Å². The third-order valence-electron chi connectivity index (χ3n) is 3.44. The lowest BCUT2D eigenvalue weighted by atomic mass is 10.1. The lowest BCUT2D eigenvalue weighted by Crippen LogP contribution is -2.29. The Morgan fingerprint density at radius 2 is 1.84 bits per heavy atom. The van der Waals surface area contributed by atoms with E-state index in [1.807, 2.05) is 31.2 Å². The number of carbonyl (C=O) groups is 1. The van der Waals surface area contributed by atoms with Gasteiger partial charge < -0.3 is 20.1 Å². The summed E-state index contributed by atoms with van der Waals surface area (Å²) in [6.45, 7) is -0.537. The highest BCUT2D eigenvalue weighted by atomic mass is 19.3. The number of ether oxygens (including phenoxy) is 2. The Morgan fingerprint density at radius 1 is 1.12 bits per heavy atom. The van der Waals surface area contributed by atoms with Crippen LogP contribution in [0.2, 0.25) is 0 Å². The number of rotatable bonds is 8. The molecular formula is C18H20F2N2O3. The van der Waals surface area contributed by atoms with E-state index >= 15 is 0 Å². The second kappa shape index (κ2) is 8.86. The highest BCUT2D eigenvalue weighted by Gasteiger charge is 2.11. The van der Waals surface area contributed by atoms with E-state index in [4.69, 9.17) is 4.74 Å². The number of carbonyl (C=O) groups excluding carboxylic acids is 1. The van der Waals surface area contributed by atoms with Gasteiger partial charge in [-0.25, -0.2) is 0 Å². The van der Waals surface area contributed by atoms with E-state index in [0.717, 1.165) is 11.1 Å². The Kier molecular flexibility index (Phi) is 6.56. The zero-order valence-corrected chi connectivity index (χ0v) is 14.0. The van der Waals surface area contributed by atoms with Gasteiger partial charge in [0.05, 0.1) is 13.7 Å². The fourth-order valence-electron chi connectivity index (χ4n) is 2.13. The van der Waals surface area contributed by atoms with Crippen molar-refractivity contribution < 1.29 is 23.0 Å². The van der Waals surface area contributed by atoms with Crippen molar-refractivity contribution in [2.75, 3.05) is 19.0 Å². The number of alkyl halides is 2. The lowest BCUT2D eigenvalue weighted by Gasteiger charge is -2.13. The number of methoxy groups -OCH3 is 1. The van der Waals surface area contributed by atoms with Crippen LogP contribution in [0, 0.1) is 6.92 Å². The molecule has 0 aliphatic rings. The number of amides is 1. The van der Waals surface area contributed by atoms with Gasteiger partial charge in [0.1, 0.15) is 0 Å². The number of nitrogens with one attached hydrogen (secondary N) is 2. The molecule has 0 saturated carbocycles. The van der Waals surface area contributed by atoms with Gasteiger partial charge in [0.2, 0.25) is 5.91 Å². The van der Waals surface area contributed by atoms with Crippen molar-refractivity contribution in [1.82, 2.24) is 5.32 Å². The van der Waals surface area contributed by atoms with Crippen molar-refractivity contribution >= 4 is 11.6 Å². The first-order valence-electron chi connectivity index (χ1n) is 7.67. The van der Waals surface area contributed by atoms with Crippen LogP contribution in [0.15, 0.2) is 42.5 Å². The fourth-order valence-corrected chi connectivity index (χ4v) is 2.13.